The molecular formula is C8H16N2S. The van der Waals surface area contributed by atoms with Crippen molar-refractivity contribution in [2.24, 2.45) is 5.92 Å². The molecule has 0 aromatic rings. The summed E-state index contributed by atoms with van der Waals surface area (Å²) in [6.45, 7) is 5.60. The first kappa shape index (κ1) is 7.90. The molecule has 0 aromatic heterocycles. The van der Waals surface area contributed by atoms with Crippen LogP contribution in [0.3, 0.4) is 0 Å². The fourth-order valence-electron chi connectivity index (χ4n) is 2.34. The maximum atomic E-state index is 4.69. The molecule has 3 heteroatoms. The van der Waals surface area contributed by atoms with Crippen molar-refractivity contribution in [1.82, 2.24) is 10.6 Å². The van der Waals surface area contributed by atoms with E-state index in [9.17, 15) is 0 Å². The van der Waals surface area contributed by atoms with Crippen LogP contribution < -0.4 is 10.6 Å². The molecule has 2 N–H and O–H groups in total. The van der Waals surface area contributed by atoms with E-state index in [2.05, 4.69) is 30.2 Å². The molecule has 0 aromatic carbocycles. The fourth-order valence-corrected chi connectivity index (χ4v) is 2.76. The van der Waals surface area contributed by atoms with E-state index in [1.54, 1.807) is 0 Å². The van der Waals surface area contributed by atoms with Gasteiger partial charge in [0.1, 0.15) is 0 Å². The van der Waals surface area contributed by atoms with Crippen molar-refractivity contribution in [2.45, 2.75) is 24.1 Å². The van der Waals surface area contributed by atoms with E-state index in [0.717, 1.165) is 19.0 Å². The zero-order valence-corrected chi connectivity index (χ0v) is 7.82. The fraction of sp³-hybridized carbons (Fsp3) is 1.00. The second-order valence-electron chi connectivity index (χ2n) is 3.94. The average molecular weight is 172 g/mol. The second-order valence-corrected chi connectivity index (χ2v) is 4.97. The van der Waals surface area contributed by atoms with E-state index in [1.807, 2.05) is 0 Å². The zero-order chi connectivity index (χ0) is 7.90. The van der Waals surface area contributed by atoms with Crippen LogP contribution in [0.5, 0.6) is 0 Å². The summed E-state index contributed by atoms with van der Waals surface area (Å²) in [5, 5.41) is 6.91. The molecule has 0 amide bonds. The topological polar surface area (TPSA) is 24.1 Å². The van der Waals surface area contributed by atoms with Gasteiger partial charge in [0.2, 0.25) is 0 Å². The van der Waals surface area contributed by atoms with E-state index in [-0.39, 0.29) is 4.75 Å². The molecule has 3 unspecified atom stereocenters. The average Bonchev–Trinajstić information content (AvgIpc) is 2.34. The number of piperidine rings is 1. The largest absolute Gasteiger partial charge is 0.314 e. The van der Waals surface area contributed by atoms with Crippen LogP contribution in [0.2, 0.25) is 0 Å². The highest BCUT2D eigenvalue weighted by Crippen LogP contribution is 2.34. The Hall–Kier alpha value is 0.270. The monoisotopic (exact) mass is 172 g/mol. The van der Waals surface area contributed by atoms with Gasteiger partial charge in [-0.3, -0.25) is 0 Å². The lowest BCUT2D eigenvalue weighted by Gasteiger charge is -2.39. The van der Waals surface area contributed by atoms with Gasteiger partial charge in [-0.05, 0) is 25.8 Å². The lowest BCUT2D eigenvalue weighted by molar-refractivity contribution is 0.286. The Kier molecular flexibility index (Phi) is 1.90. The molecule has 2 heterocycles. The van der Waals surface area contributed by atoms with Gasteiger partial charge < -0.3 is 10.6 Å². The standard InChI is InChI=1S/C8H16N2S/c1-8(11)5-9-4-7-6(8)2-3-10-7/h6-7,9-11H,2-5H2,1H3. The Balaban J connectivity index is 2.13. The van der Waals surface area contributed by atoms with E-state index in [0.29, 0.717) is 6.04 Å². The Morgan fingerprint density at radius 1 is 1.55 bits per heavy atom. The van der Waals surface area contributed by atoms with Gasteiger partial charge in [-0.1, -0.05) is 0 Å². The van der Waals surface area contributed by atoms with Crippen molar-refractivity contribution in [1.29, 1.82) is 0 Å². The molecule has 0 saturated carbocycles. The van der Waals surface area contributed by atoms with Crippen LogP contribution in [0.15, 0.2) is 0 Å². The second kappa shape index (κ2) is 2.64. The minimum atomic E-state index is 0.201. The predicted octanol–water partition coefficient (Wildman–Crippen LogP) is 0.256. The van der Waals surface area contributed by atoms with Crippen molar-refractivity contribution in [3.63, 3.8) is 0 Å². The molecule has 64 valence electrons. The molecule has 11 heavy (non-hydrogen) atoms. The van der Waals surface area contributed by atoms with Gasteiger partial charge >= 0.3 is 0 Å². The lowest BCUT2D eigenvalue weighted by Crippen LogP contribution is -2.55. The molecule has 0 bridgehead atoms. The van der Waals surface area contributed by atoms with Crippen LogP contribution in [-0.4, -0.2) is 30.4 Å². The highest BCUT2D eigenvalue weighted by Gasteiger charge is 2.41. The van der Waals surface area contributed by atoms with E-state index in [4.69, 9.17) is 0 Å². The maximum absolute atomic E-state index is 4.69. The summed E-state index contributed by atoms with van der Waals surface area (Å²) >= 11 is 4.69. The first-order valence-corrected chi connectivity index (χ1v) is 4.81. The quantitative estimate of drug-likeness (QED) is 0.457. The number of rotatable bonds is 0. The van der Waals surface area contributed by atoms with E-state index >= 15 is 0 Å². The van der Waals surface area contributed by atoms with Gasteiger partial charge in [0.25, 0.3) is 0 Å². The number of hydrogen-bond donors (Lipinski definition) is 3. The Morgan fingerprint density at radius 3 is 3.09 bits per heavy atom. The van der Waals surface area contributed by atoms with E-state index < -0.39 is 0 Å². The van der Waals surface area contributed by atoms with Gasteiger partial charge in [-0.25, -0.2) is 0 Å². The Bertz CT molecular complexity index is 158. The van der Waals surface area contributed by atoms with Crippen molar-refractivity contribution in [2.75, 3.05) is 19.6 Å². The van der Waals surface area contributed by atoms with Gasteiger partial charge in [-0.2, -0.15) is 12.6 Å². The predicted molar refractivity (Wildman–Crippen MR) is 50.2 cm³/mol. The summed E-state index contributed by atoms with van der Waals surface area (Å²) in [7, 11) is 0. The van der Waals surface area contributed by atoms with E-state index in [1.165, 1.54) is 13.0 Å². The summed E-state index contributed by atoms with van der Waals surface area (Å²) in [6, 6.07) is 0.672. The molecule has 2 aliphatic heterocycles. The highest BCUT2D eigenvalue weighted by molar-refractivity contribution is 7.81. The van der Waals surface area contributed by atoms with Gasteiger partial charge in [0, 0.05) is 23.9 Å². The number of thiol groups is 1. The zero-order valence-electron chi connectivity index (χ0n) is 6.93. The molecular weight excluding hydrogens is 156 g/mol. The van der Waals surface area contributed by atoms with Crippen LogP contribution in [-0.2, 0) is 0 Å². The van der Waals surface area contributed by atoms with Crippen molar-refractivity contribution >= 4 is 12.6 Å². The smallest absolute Gasteiger partial charge is 0.0270 e. The van der Waals surface area contributed by atoms with Crippen LogP contribution in [0.25, 0.3) is 0 Å². The molecule has 3 atom stereocenters. The van der Waals surface area contributed by atoms with Gasteiger partial charge in [0.15, 0.2) is 0 Å². The van der Waals surface area contributed by atoms with Crippen LogP contribution in [0, 0.1) is 5.92 Å². The summed E-state index contributed by atoms with van der Waals surface area (Å²) in [6.07, 6.45) is 1.30. The lowest BCUT2D eigenvalue weighted by atomic mass is 9.84. The Morgan fingerprint density at radius 2 is 2.36 bits per heavy atom. The molecule has 2 aliphatic rings. The van der Waals surface area contributed by atoms with Gasteiger partial charge in [-0.15, -0.1) is 0 Å². The molecule has 0 spiro atoms. The van der Waals surface area contributed by atoms with Crippen molar-refractivity contribution in [3.8, 4) is 0 Å². The minimum Gasteiger partial charge on any atom is -0.314 e. The van der Waals surface area contributed by atoms with Crippen LogP contribution >= 0.6 is 12.6 Å². The first-order chi connectivity index (χ1) is 5.20. The number of nitrogens with one attached hydrogen (secondary N) is 2. The maximum Gasteiger partial charge on any atom is 0.0270 e. The minimum absolute atomic E-state index is 0.201. The molecule has 0 radical (unpaired) electrons. The number of fused-ring (bicyclic) bond motifs is 1. The SMILES string of the molecule is CC1(S)CNCC2NCCC21. The molecule has 2 saturated heterocycles. The number of hydrogen-bond acceptors (Lipinski definition) is 3. The third-order valence-electron chi connectivity index (χ3n) is 2.99. The summed E-state index contributed by atoms with van der Waals surface area (Å²) in [5.74, 6) is 0.770. The molecule has 2 rings (SSSR count). The first-order valence-electron chi connectivity index (χ1n) is 4.37. The molecule has 0 aliphatic carbocycles. The molecule has 2 fully saturated rings. The normalized spacial score (nSPS) is 50.7. The van der Waals surface area contributed by atoms with Crippen LogP contribution in [0.4, 0.5) is 0 Å². The highest BCUT2D eigenvalue weighted by atomic mass is 32.1. The van der Waals surface area contributed by atoms with Crippen LogP contribution in [0.1, 0.15) is 13.3 Å². The third-order valence-corrected chi connectivity index (χ3v) is 3.48. The van der Waals surface area contributed by atoms with Crippen molar-refractivity contribution < 1.29 is 0 Å². The Labute approximate surface area is 73.5 Å². The van der Waals surface area contributed by atoms with Crippen molar-refractivity contribution in [3.05, 3.63) is 0 Å². The summed E-state index contributed by atoms with van der Waals surface area (Å²) in [5.41, 5.74) is 0. The van der Waals surface area contributed by atoms with Gasteiger partial charge in [0.05, 0.1) is 0 Å². The third kappa shape index (κ3) is 1.30. The summed E-state index contributed by atoms with van der Waals surface area (Å²) < 4.78 is 0.201. The molecule has 2 nitrogen and oxygen atoms in total. The summed E-state index contributed by atoms with van der Waals surface area (Å²) in [4.78, 5) is 0.